The summed E-state index contributed by atoms with van der Waals surface area (Å²) in [5.41, 5.74) is 1.44. The molecule has 0 aliphatic heterocycles. The molecule has 0 radical (unpaired) electrons. The van der Waals surface area contributed by atoms with E-state index in [1.165, 1.54) is 24.2 Å². The Kier molecular flexibility index (Phi) is 4.46. The fourth-order valence-corrected chi connectivity index (χ4v) is 3.33. The standard InChI is InChI=1S/C14H22S/c1-5-13(12-15(2,3)4)11-14-9-7-6-8-10-14/h6-10,13H,2-3,5,11-12H2,1,4H3/t13-/m0/s1. The van der Waals surface area contributed by atoms with Crippen molar-refractivity contribution in [3.05, 3.63) is 35.9 Å². The summed E-state index contributed by atoms with van der Waals surface area (Å²) in [6.45, 7) is 2.26. The highest BCUT2D eigenvalue weighted by molar-refractivity contribution is 8.27. The molecule has 0 nitrogen and oxygen atoms in total. The van der Waals surface area contributed by atoms with Crippen LogP contribution in [0, 0.1) is 5.92 Å². The fraction of sp³-hybridized carbons (Fsp3) is 0.429. The second kappa shape index (κ2) is 5.41. The average molecular weight is 222 g/mol. The summed E-state index contributed by atoms with van der Waals surface area (Å²) in [7, 11) is -0.856. The zero-order chi connectivity index (χ0) is 11.3. The number of rotatable bonds is 5. The van der Waals surface area contributed by atoms with Crippen LogP contribution < -0.4 is 0 Å². The summed E-state index contributed by atoms with van der Waals surface area (Å²) in [4.78, 5) is 0. The van der Waals surface area contributed by atoms with E-state index in [9.17, 15) is 0 Å². The Bertz CT molecular complexity index is 373. The first-order valence-electron chi connectivity index (χ1n) is 5.47. The summed E-state index contributed by atoms with van der Waals surface area (Å²) >= 11 is 0. The van der Waals surface area contributed by atoms with Crippen LogP contribution in [0.5, 0.6) is 0 Å². The second-order valence-corrected chi connectivity index (χ2v) is 7.90. The minimum absolute atomic E-state index is 0.738. The summed E-state index contributed by atoms with van der Waals surface area (Å²) in [5.74, 6) is 10.3. The summed E-state index contributed by atoms with van der Waals surface area (Å²) in [6, 6.07) is 10.7. The lowest BCUT2D eigenvalue weighted by Crippen LogP contribution is -2.08. The zero-order valence-electron chi connectivity index (χ0n) is 9.91. The van der Waals surface area contributed by atoms with E-state index in [2.05, 4.69) is 55.3 Å². The van der Waals surface area contributed by atoms with Crippen molar-refractivity contribution in [2.45, 2.75) is 19.8 Å². The Labute approximate surface area is 94.8 Å². The zero-order valence-corrected chi connectivity index (χ0v) is 10.7. The third-order valence-corrected chi connectivity index (χ3v) is 3.86. The van der Waals surface area contributed by atoms with Crippen LogP contribution in [0.3, 0.4) is 0 Å². The average Bonchev–Trinajstić information content (AvgIpc) is 2.16. The van der Waals surface area contributed by atoms with Crippen LogP contribution in [0.15, 0.2) is 30.3 Å². The molecule has 1 atom stereocenters. The molecule has 1 heteroatoms. The summed E-state index contributed by atoms with van der Waals surface area (Å²) in [6.07, 6.45) is 4.59. The highest BCUT2D eigenvalue weighted by Crippen LogP contribution is 2.23. The van der Waals surface area contributed by atoms with Gasteiger partial charge in [0.05, 0.1) is 0 Å². The lowest BCUT2D eigenvalue weighted by Gasteiger charge is -2.18. The van der Waals surface area contributed by atoms with E-state index in [4.69, 9.17) is 0 Å². The molecule has 0 aliphatic rings. The monoisotopic (exact) mass is 222 g/mol. The van der Waals surface area contributed by atoms with Gasteiger partial charge in [-0.15, -0.1) is 0 Å². The van der Waals surface area contributed by atoms with E-state index < -0.39 is 9.21 Å². The molecule has 0 bridgehead atoms. The Balaban J connectivity index is 2.63. The molecule has 0 aromatic heterocycles. The van der Waals surface area contributed by atoms with Gasteiger partial charge >= 0.3 is 0 Å². The van der Waals surface area contributed by atoms with Gasteiger partial charge in [-0.25, -0.2) is 9.21 Å². The van der Waals surface area contributed by atoms with Crippen LogP contribution in [0.2, 0.25) is 0 Å². The van der Waals surface area contributed by atoms with Gasteiger partial charge in [0.15, 0.2) is 0 Å². The fourth-order valence-electron chi connectivity index (χ4n) is 1.84. The van der Waals surface area contributed by atoms with Crippen LogP contribution >= 0.6 is 9.21 Å². The summed E-state index contributed by atoms with van der Waals surface area (Å²) in [5, 5.41) is 0. The highest BCUT2D eigenvalue weighted by atomic mass is 32.2. The smallest absolute Gasteiger partial charge is 0.0140 e. The molecule has 84 valence electrons. The molecule has 0 spiro atoms. The van der Waals surface area contributed by atoms with Gasteiger partial charge in [0.1, 0.15) is 0 Å². The van der Waals surface area contributed by atoms with E-state index in [-0.39, 0.29) is 0 Å². The van der Waals surface area contributed by atoms with Crippen molar-refractivity contribution in [2.24, 2.45) is 5.92 Å². The predicted octanol–water partition coefficient (Wildman–Crippen LogP) is 3.55. The Morgan fingerprint density at radius 2 is 1.80 bits per heavy atom. The Morgan fingerprint density at radius 3 is 2.27 bits per heavy atom. The molecule has 0 saturated heterocycles. The quantitative estimate of drug-likeness (QED) is 0.668. The van der Waals surface area contributed by atoms with Gasteiger partial charge in [-0.2, -0.15) is 0 Å². The van der Waals surface area contributed by atoms with Crippen LogP contribution in [0.1, 0.15) is 18.9 Å². The van der Waals surface area contributed by atoms with Crippen LogP contribution in [-0.2, 0) is 6.42 Å². The van der Waals surface area contributed by atoms with Crippen molar-refractivity contribution in [1.29, 1.82) is 0 Å². The summed E-state index contributed by atoms with van der Waals surface area (Å²) < 4.78 is 0. The van der Waals surface area contributed by atoms with Gasteiger partial charge in [0.25, 0.3) is 0 Å². The maximum absolute atomic E-state index is 4.17. The van der Waals surface area contributed by atoms with Gasteiger partial charge in [0, 0.05) is 0 Å². The molecule has 0 N–H and O–H groups in total. The van der Waals surface area contributed by atoms with Crippen molar-refractivity contribution in [3.63, 3.8) is 0 Å². The van der Waals surface area contributed by atoms with Crippen LogP contribution in [0.4, 0.5) is 0 Å². The predicted molar refractivity (Wildman–Crippen MR) is 76.6 cm³/mol. The molecule has 0 amide bonds. The van der Waals surface area contributed by atoms with E-state index in [0.29, 0.717) is 0 Å². The largest absolute Gasteiger partial charge is 0.217 e. The lowest BCUT2D eigenvalue weighted by atomic mass is 9.99. The molecule has 0 unspecified atom stereocenters. The van der Waals surface area contributed by atoms with E-state index in [1.807, 2.05) is 0 Å². The van der Waals surface area contributed by atoms with E-state index in [1.54, 1.807) is 0 Å². The molecule has 0 fully saturated rings. The molecule has 15 heavy (non-hydrogen) atoms. The minimum Gasteiger partial charge on any atom is -0.217 e. The van der Waals surface area contributed by atoms with Gasteiger partial charge in [0.2, 0.25) is 0 Å². The first-order valence-corrected chi connectivity index (χ1v) is 8.02. The van der Waals surface area contributed by atoms with Crippen molar-refractivity contribution in [2.75, 3.05) is 12.0 Å². The SMILES string of the molecule is C=S(=C)(C)C[C@@H](CC)Cc1ccccc1. The molecule has 0 saturated carbocycles. The Morgan fingerprint density at radius 1 is 1.20 bits per heavy atom. The van der Waals surface area contributed by atoms with Crippen molar-refractivity contribution in [1.82, 2.24) is 0 Å². The highest BCUT2D eigenvalue weighted by Gasteiger charge is 2.08. The Hall–Kier alpha value is -0.690. The van der Waals surface area contributed by atoms with Crippen LogP contribution in [0.25, 0.3) is 0 Å². The minimum atomic E-state index is -0.856. The first-order chi connectivity index (χ1) is 7.01. The van der Waals surface area contributed by atoms with Crippen molar-refractivity contribution in [3.8, 4) is 0 Å². The van der Waals surface area contributed by atoms with Gasteiger partial charge in [-0.3, -0.25) is 0 Å². The van der Waals surface area contributed by atoms with Gasteiger partial charge in [-0.05, 0) is 29.9 Å². The molecule has 1 aromatic rings. The maximum Gasteiger partial charge on any atom is -0.0140 e. The number of hydrogen-bond acceptors (Lipinski definition) is 0. The normalized spacial score (nSPS) is 13.7. The lowest BCUT2D eigenvalue weighted by molar-refractivity contribution is 0.570. The molecular weight excluding hydrogens is 200 g/mol. The molecule has 1 rings (SSSR count). The van der Waals surface area contributed by atoms with Crippen molar-refractivity contribution < 1.29 is 0 Å². The van der Waals surface area contributed by atoms with E-state index >= 15 is 0 Å². The first kappa shape index (κ1) is 12.4. The molecule has 0 aliphatic carbocycles. The topological polar surface area (TPSA) is 0 Å². The van der Waals surface area contributed by atoms with Gasteiger partial charge < -0.3 is 0 Å². The number of hydrogen-bond donors (Lipinski definition) is 0. The molecule has 0 heterocycles. The third kappa shape index (κ3) is 5.08. The molecule has 1 aromatic carbocycles. The third-order valence-electron chi connectivity index (χ3n) is 2.58. The van der Waals surface area contributed by atoms with Crippen LogP contribution in [-0.4, -0.2) is 23.7 Å². The van der Waals surface area contributed by atoms with Crippen molar-refractivity contribution >= 4 is 20.9 Å². The van der Waals surface area contributed by atoms with E-state index in [0.717, 1.165) is 5.92 Å². The maximum atomic E-state index is 4.17. The number of benzene rings is 1. The van der Waals surface area contributed by atoms with Gasteiger partial charge in [-0.1, -0.05) is 55.4 Å². The second-order valence-electron chi connectivity index (χ2n) is 4.61. The molecular formula is C14H22S.